The van der Waals surface area contributed by atoms with E-state index >= 15 is 0 Å². The van der Waals surface area contributed by atoms with Crippen LogP contribution in [0.15, 0.2) is 29.3 Å². The van der Waals surface area contributed by atoms with Crippen LogP contribution in [-0.4, -0.2) is 25.5 Å². The number of rotatable bonds is 0. The lowest BCUT2D eigenvalue weighted by Gasteiger charge is -2.32. The van der Waals surface area contributed by atoms with Crippen molar-refractivity contribution in [2.75, 3.05) is 13.7 Å². The monoisotopic (exact) mass is 231 g/mol. The fourth-order valence-electron chi connectivity index (χ4n) is 2.38. The molecular weight excluding hydrogens is 218 g/mol. The number of nitrogens with one attached hydrogen (secondary N) is 2. The molecule has 2 N–H and O–H groups in total. The van der Waals surface area contributed by atoms with E-state index in [0.717, 1.165) is 11.3 Å². The van der Waals surface area contributed by atoms with E-state index in [-0.39, 0.29) is 5.91 Å². The average Bonchev–Trinajstić information content (AvgIpc) is 2.68. The molecule has 2 aliphatic heterocycles. The lowest BCUT2D eigenvalue weighted by atomic mass is 9.85. The molecule has 2 heterocycles. The van der Waals surface area contributed by atoms with Crippen LogP contribution in [0.5, 0.6) is 5.75 Å². The molecule has 0 saturated carbocycles. The number of amides is 1. The highest BCUT2D eigenvalue weighted by Crippen LogP contribution is 2.38. The summed E-state index contributed by atoms with van der Waals surface area (Å²) in [5.74, 6) is 1.22. The molecule has 0 aromatic heterocycles. The van der Waals surface area contributed by atoms with E-state index in [0.29, 0.717) is 19.0 Å². The third kappa shape index (κ3) is 1.32. The number of hydrogen-bond donors (Lipinski definition) is 2. The SMILES string of the molecule is CN=C1NC(=O)C2(CCOc3ccccc32)N1. The highest BCUT2D eigenvalue weighted by Gasteiger charge is 2.49. The Balaban J connectivity index is 2.14. The smallest absolute Gasteiger partial charge is 0.257 e. The van der Waals surface area contributed by atoms with Crippen molar-refractivity contribution in [1.82, 2.24) is 10.6 Å². The number of benzene rings is 1. The number of ether oxygens (including phenoxy) is 1. The van der Waals surface area contributed by atoms with Crippen molar-refractivity contribution in [3.05, 3.63) is 29.8 Å². The van der Waals surface area contributed by atoms with Gasteiger partial charge in [0, 0.05) is 19.0 Å². The fourth-order valence-corrected chi connectivity index (χ4v) is 2.38. The van der Waals surface area contributed by atoms with Crippen molar-refractivity contribution in [2.45, 2.75) is 12.0 Å². The van der Waals surface area contributed by atoms with Gasteiger partial charge in [-0.2, -0.15) is 0 Å². The van der Waals surface area contributed by atoms with Gasteiger partial charge in [0.05, 0.1) is 6.61 Å². The van der Waals surface area contributed by atoms with Gasteiger partial charge in [-0.05, 0) is 6.07 Å². The lowest BCUT2D eigenvalue weighted by Crippen LogP contribution is -2.47. The van der Waals surface area contributed by atoms with E-state index in [9.17, 15) is 4.79 Å². The van der Waals surface area contributed by atoms with Crippen LogP contribution < -0.4 is 15.4 Å². The summed E-state index contributed by atoms with van der Waals surface area (Å²) in [6.07, 6.45) is 0.606. The second-order valence-corrected chi connectivity index (χ2v) is 4.15. The molecule has 17 heavy (non-hydrogen) atoms. The molecule has 1 spiro atoms. The first-order chi connectivity index (χ1) is 8.26. The minimum absolute atomic E-state index is 0.0612. The molecule has 1 amide bonds. The van der Waals surface area contributed by atoms with E-state index in [1.54, 1.807) is 7.05 Å². The van der Waals surface area contributed by atoms with Crippen molar-refractivity contribution >= 4 is 11.9 Å². The van der Waals surface area contributed by atoms with Crippen LogP contribution in [0.25, 0.3) is 0 Å². The lowest BCUT2D eigenvalue weighted by molar-refractivity contribution is -0.125. The van der Waals surface area contributed by atoms with Gasteiger partial charge in [-0.25, -0.2) is 0 Å². The van der Waals surface area contributed by atoms with E-state index in [1.807, 2.05) is 24.3 Å². The van der Waals surface area contributed by atoms with Gasteiger partial charge < -0.3 is 10.1 Å². The number of nitrogens with zero attached hydrogens (tertiary/aromatic N) is 1. The van der Waals surface area contributed by atoms with Gasteiger partial charge in [-0.1, -0.05) is 18.2 Å². The van der Waals surface area contributed by atoms with E-state index in [2.05, 4.69) is 15.6 Å². The minimum Gasteiger partial charge on any atom is -0.493 e. The summed E-state index contributed by atoms with van der Waals surface area (Å²) in [6, 6.07) is 7.61. The molecule has 1 aromatic rings. The van der Waals surface area contributed by atoms with Gasteiger partial charge in [0.25, 0.3) is 5.91 Å². The summed E-state index contributed by atoms with van der Waals surface area (Å²) in [4.78, 5) is 16.2. The first-order valence-corrected chi connectivity index (χ1v) is 5.55. The molecule has 1 fully saturated rings. The number of aliphatic imine (C=N–C) groups is 1. The van der Waals surface area contributed by atoms with Crippen LogP contribution in [0, 0.1) is 0 Å². The highest BCUT2D eigenvalue weighted by molar-refractivity contribution is 6.09. The summed E-state index contributed by atoms with van der Waals surface area (Å²) in [5.41, 5.74) is 0.159. The van der Waals surface area contributed by atoms with Gasteiger partial charge >= 0.3 is 0 Å². The zero-order valence-electron chi connectivity index (χ0n) is 9.49. The van der Waals surface area contributed by atoms with Gasteiger partial charge in [-0.3, -0.25) is 15.1 Å². The molecule has 1 unspecified atom stereocenters. The Bertz CT molecular complexity index is 512. The largest absolute Gasteiger partial charge is 0.493 e. The summed E-state index contributed by atoms with van der Waals surface area (Å²) in [5, 5.41) is 5.92. The quantitative estimate of drug-likeness (QED) is 0.678. The topological polar surface area (TPSA) is 62.7 Å². The molecule has 1 saturated heterocycles. The van der Waals surface area contributed by atoms with Crippen LogP contribution in [0.2, 0.25) is 0 Å². The highest BCUT2D eigenvalue weighted by atomic mass is 16.5. The van der Waals surface area contributed by atoms with Crippen LogP contribution >= 0.6 is 0 Å². The summed E-state index contributed by atoms with van der Waals surface area (Å²) < 4.78 is 5.57. The van der Waals surface area contributed by atoms with E-state index < -0.39 is 5.54 Å². The third-order valence-corrected chi connectivity index (χ3v) is 3.26. The van der Waals surface area contributed by atoms with Crippen molar-refractivity contribution in [2.24, 2.45) is 4.99 Å². The predicted octanol–water partition coefficient (Wildman–Crippen LogP) is 0.370. The Kier molecular flexibility index (Phi) is 2.07. The number of hydrogen-bond acceptors (Lipinski definition) is 3. The Morgan fingerprint density at radius 3 is 3.00 bits per heavy atom. The van der Waals surface area contributed by atoms with E-state index in [1.165, 1.54) is 0 Å². The van der Waals surface area contributed by atoms with Crippen LogP contribution in [0.1, 0.15) is 12.0 Å². The van der Waals surface area contributed by atoms with Gasteiger partial charge in [-0.15, -0.1) is 0 Å². The number of para-hydroxylation sites is 1. The zero-order chi connectivity index (χ0) is 11.9. The second-order valence-electron chi connectivity index (χ2n) is 4.15. The average molecular weight is 231 g/mol. The Morgan fingerprint density at radius 2 is 2.24 bits per heavy atom. The first kappa shape index (κ1) is 10.1. The number of carbonyl (C=O) groups is 1. The normalized spacial score (nSPS) is 28.5. The molecular formula is C12H13N3O2. The molecule has 0 aliphatic carbocycles. The van der Waals surface area contributed by atoms with Crippen LogP contribution in [-0.2, 0) is 10.3 Å². The summed E-state index contributed by atoms with van der Waals surface area (Å²) in [6.45, 7) is 0.522. The summed E-state index contributed by atoms with van der Waals surface area (Å²) >= 11 is 0. The van der Waals surface area contributed by atoms with Crippen LogP contribution in [0.3, 0.4) is 0 Å². The Hall–Kier alpha value is -2.04. The number of guanidine groups is 1. The maximum absolute atomic E-state index is 12.2. The standard InChI is InChI=1S/C12H13N3O2/c1-13-11-14-10(16)12(15-11)6-7-17-9-5-3-2-4-8(9)12/h2-5H,6-7H2,1H3,(H2,13,14,15,16). The molecule has 2 aliphatic rings. The van der Waals surface area contributed by atoms with Gasteiger partial charge in [0.2, 0.25) is 0 Å². The maximum atomic E-state index is 12.2. The molecule has 5 heteroatoms. The van der Waals surface area contributed by atoms with Gasteiger partial charge in [0.1, 0.15) is 5.75 Å². The second kappa shape index (κ2) is 3.48. The molecule has 88 valence electrons. The maximum Gasteiger partial charge on any atom is 0.257 e. The molecule has 5 nitrogen and oxygen atoms in total. The molecule has 3 rings (SSSR count). The molecule has 0 bridgehead atoms. The van der Waals surface area contributed by atoms with Crippen molar-refractivity contribution in [3.63, 3.8) is 0 Å². The molecule has 0 radical (unpaired) electrons. The predicted molar refractivity (Wildman–Crippen MR) is 62.9 cm³/mol. The van der Waals surface area contributed by atoms with Gasteiger partial charge in [0.15, 0.2) is 11.5 Å². The zero-order valence-corrected chi connectivity index (χ0v) is 9.49. The Labute approximate surface area is 98.9 Å². The van der Waals surface area contributed by atoms with Crippen molar-refractivity contribution in [1.29, 1.82) is 0 Å². The number of carbonyl (C=O) groups excluding carboxylic acids is 1. The number of fused-ring (bicyclic) bond motifs is 2. The summed E-state index contributed by atoms with van der Waals surface area (Å²) in [7, 11) is 1.65. The molecule has 1 atom stereocenters. The van der Waals surface area contributed by atoms with E-state index in [4.69, 9.17) is 4.74 Å². The van der Waals surface area contributed by atoms with Crippen LogP contribution in [0.4, 0.5) is 0 Å². The van der Waals surface area contributed by atoms with Crippen molar-refractivity contribution < 1.29 is 9.53 Å². The third-order valence-electron chi connectivity index (χ3n) is 3.26. The fraction of sp³-hybridized carbons (Fsp3) is 0.333. The minimum atomic E-state index is -0.719. The van der Waals surface area contributed by atoms with Crippen molar-refractivity contribution in [3.8, 4) is 5.75 Å². The molecule has 1 aromatic carbocycles. The Morgan fingerprint density at radius 1 is 1.41 bits per heavy atom. The first-order valence-electron chi connectivity index (χ1n) is 5.55.